The molecule has 0 spiro atoms. The summed E-state index contributed by atoms with van der Waals surface area (Å²) in [4.78, 5) is 2.00. The summed E-state index contributed by atoms with van der Waals surface area (Å²) in [5.74, 6) is 0.533. The molecule has 4 nitrogen and oxygen atoms in total. The first kappa shape index (κ1) is 13.9. The van der Waals surface area contributed by atoms with Crippen LogP contribution in [0.1, 0.15) is 33.1 Å². The zero-order valence-corrected chi connectivity index (χ0v) is 11.3. The van der Waals surface area contributed by atoms with E-state index in [1.165, 1.54) is 0 Å². The molecule has 5 heteroatoms. The van der Waals surface area contributed by atoms with Gasteiger partial charge < -0.3 is 5.11 Å². The third kappa shape index (κ3) is 3.43. The summed E-state index contributed by atoms with van der Waals surface area (Å²) >= 11 is 0. The molecule has 1 rings (SSSR count). The lowest BCUT2D eigenvalue weighted by Gasteiger charge is -2.33. The third-order valence-electron chi connectivity index (χ3n) is 3.69. The van der Waals surface area contributed by atoms with Gasteiger partial charge in [-0.2, -0.15) is 0 Å². The predicted molar refractivity (Wildman–Crippen MR) is 65.2 cm³/mol. The quantitative estimate of drug-likeness (QED) is 0.777. The molecule has 1 N–H and O–H groups in total. The van der Waals surface area contributed by atoms with Gasteiger partial charge in [-0.15, -0.1) is 0 Å². The van der Waals surface area contributed by atoms with Gasteiger partial charge in [0.15, 0.2) is 9.84 Å². The van der Waals surface area contributed by atoms with Gasteiger partial charge in [-0.1, -0.05) is 13.8 Å². The number of rotatable bonds is 5. The fourth-order valence-electron chi connectivity index (χ4n) is 2.19. The second-order valence-electron chi connectivity index (χ2n) is 4.90. The minimum atomic E-state index is -2.83. The summed E-state index contributed by atoms with van der Waals surface area (Å²) in [6.07, 6.45) is 2.10. The number of hydrogen-bond donors (Lipinski definition) is 1. The van der Waals surface area contributed by atoms with E-state index in [0.717, 1.165) is 0 Å². The number of sulfone groups is 1. The van der Waals surface area contributed by atoms with Crippen molar-refractivity contribution in [2.75, 3.05) is 25.1 Å². The van der Waals surface area contributed by atoms with Gasteiger partial charge in [0, 0.05) is 12.6 Å². The van der Waals surface area contributed by atoms with E-state index < -0.39 is 15.4 Å². The zero-order chi connectivity index (χ0) is 12.4. The van der Waals surface area contributed by atoms with Crippen molar-refractivity contribution in [3.63, 3.8) is 0 Å². The van der Waals surface area contributed by atoms with Gasteiger partial charge in [0.1, 0.15) is 0 Å². The van der Waals surface area contributed by atoms with E-state index in [2.05, 4.69) is 0 Å². The Morgan fingerprint density at radius 2 is 1.94 bits per heavy atom. The average molecular weight is 249 g/mol. The summed E-state index contributed by atoms with van der Waals surface area (Å²) in [6.45, 7) is 4.48. The molecule has 96 valence electrons. The average Bonchev–Trinajstić information content (AvgIpc) is 2.58. The second kappa shape index (κ2) is 5.02. The highest BCUT2D eigenvalue weighted by molar-refractivity contribution is 7.91. The minimum Gasteiger partial charge on any atom is -0.389 e. The van der Waals surface area contributed by atoms with Crippen LogP contribution in [0.2, 0.25) is 0 Å². The van der Waals surface area contributed by atoms with E-state index in [1.807, 2.05) is 25.8 Å². The molecule has 0 radical (unpaired) electrons. The van der Waals surface area contributed by atoms with E-state index in [-0.39, 0.29) is 11.8 Å². The molecule has 16 heavy (non-hydrogen) atoms. The van der Waals surface area contributed by atoms with E-state index >= 15 is 0 Å². The van der Waals surface area contributed by atoms with Crippen LogP contribution in [0.25, 0.3) is 0 Å². The van der Waals surface area contributed by atoms with Gasteiger partial charge in [0.05, 0.1) is 17.1 Å². The number of likely N-dealkylation sites (N-methyl/N-ethyl adjacent to an activating group) is 1. The second-order valence-corrected chi connectivity index (χ2v) is 7.13. The Hall–Kier alpha value is -0.130. The van der Waals surface area contributed by atoms with Crippen LogP contribution in [0.5, 0.6) is 0 Å². The molecule has 0 bridgehead atoms. The van der Waals surface area contributed by atoms with Gasteiger partial charge in [0.25, 0.3) is 0 Å². The third-order valence-corrected chi connectivity index (χ3v) is 5.44. The monoisotopic (exact) mass is 249 g/mol. The maximum atomic E-state index is 11.4. The lowest BCUT2D eigenvalue weighted by molar-refractivity contribution is -0.00462. The molecule has 0 aromatic carbocycles. The topological polar surface area (TPSA) is 57.6 Å². The van der Waals surface area contributed by atoms with Crippen molar-refractivity contribution in [1.82, 2.24) is 4.90 Å². The predicted octanol–water partition coefficient (Wildman–Crippen LogP) is 0.656. The van der Waals surface area contributed by atoms with Gasteiger partial charge in [-0.25, -0.2) is 8.42 Å². The Morgan fingerprint density at radius 1 is 1.38 bits per heavy atom. The molecule has 1 heterocycles. The van der Waals surface area contributed by atoms with Crippen LogP contribution < -0.4 is 0 Å². The van der Waals surface area contributed by atoms with E-state index in [4.69, 9.17) is 0 Å². The molecule has 0 amide bonds. The van der Waals surface area contributed by atoms with Crippen molar-refractivity contribution >= 4 is 9.84 Å². The van der Waals surface area contributed by atoms with Crippen LogP contribution in [0.15, 0.2) is 0 Å². The van der Waals surface area contributed by atoms with Crippen LogP contribution >= 0.6 is 0 Å². The van der Waals surface area contributed by atoms with E-state index in [0.29, 0.717) is 31.6 Å². The fraction of sp³-hybridized carbons (Fsp3) is 1.00. The van der Waals surface area contributed by atoms with Gasteiger partial charge in [-0.05, 0) is 26.3 Å². The summed E-state index contributed by atoms with van der Waals surface area (Å²) in [5, 5.41) is 10.2. The standard InChI is InChI=1S/C11H23NO3S/c1-4-11(13,5-2)9-12(3)10-6-7-16(14,15)8-10/h10,13H,4-9H2,1-3H3. The summed E-state index contributed by atoms with van der Waals surface area (Å²) in [6, 6.07) is 0.0784. The Kier molecular flexibility index (Phi) is 4.37. The first-order chi connectivity index (χ1) is 7.32. The first-order valence-corrected chi connectivity index (χ1v) is 7.77. The molecule has 0 aromatic rings. The number of hydrogen-bond acceptors (Lipinski definition) is 4. The largest absolute Gasteiger partial charge is 0.389 e. The van der Waals surface area contributed by atoms with Crippen LogP contribution in [0.4, 0.5) is 0 Å². The Balaban J connectivity index is 2.56. The highest BCUT2D eigenvalue weighted by Gasteiger charge is 2.34. The van der Waals surface area contributed by atoms with Gasteiger partial charge in [-0.3, -0.25) is 4.90 Å². The molecule has 1 aliphatic rings. The highest BCUT2D eigenvalue weighted by Crippen LogP contribution is 2.21. The molecule has 1 saturated heterocycles. The maximum Gasteiger partial charge on any atom is 0.151 e. The Labute approximate surface area is 98.6 Å². The van der Waals surface area contributed by atoms with E-state index in [9.17, 15) is 13.5 Å². The molecule has 0 aromatic heterocycles. The molecule has 0 aliphatic carbocycles. The highest BCUT2D eigenvalue weighted by atomic mass is 32.2. The molecule has 1 aliphatic heterocycles. The number of nitrogens with zero attached hydrogens (tertiary/aromatic N) is 1. The van der Waals surface area contributed by atoms with Crippen LogP contribution in [0, 0.1) is 0 Å². The first-order valence-electron chi connectivity index (χ1n) is 5.95. The normalized spacial score (nSPS) is 25.2. The van der Waals surface area contributed by atoms with Crippen LogP contribution in [-0.4, -0.2) is 55.2 Å². The molecular weight excluding hydrogens is 226 g/mol. The zero-order valence-electron chi connectivity index (χ0n) is 10.4. The van der Waals surface area contributed by atoms with Gasteiger partial charge >= 0.3 is 0 Å². The molecule has 1 fully saturated rings. The summed E-state index contributed by atoms with van der Waals surface area (Å²) < 4.78 is 22.7. The van der Waals surface area contributed by atoms with Crippen molar-refractivity contribution in [1.29, 1.82) is 0 Å². The van der Waals surface area contributed by atoms with Crippen LogP contribution in [-0.2, 0) is 9.84 Å². The van der Waals surface area contributed by atoms with Crippen molar-refractivity contribution in [2.24, 2.45) is 0 Å². The summed E-state index contributed by atoms with van der Waals surface area (Å²) in [7, 11) is -0.928. The molecule has 0 saturated carbocycles. The van der Waals surface area contributed by atoms with E-state index in [1.54, 1.807) is 0 Å². The lowest BCUT2D eigenvalue weighted by Crippen LogP contribution is -2.45. The smallest absolute Gasteiger partial charge is 0.151 e. The SMILES string of the molecule is CCC(O)(CC)CN(C)C1CCS(=O)(=O)C1. The van der Waals surface area contributed by atoms with Crippen LogP contribution in [0.3, 0.4) is 0 Å². The van der Waals surface area contributed by atoms with Crippen molar-refractivity contribution in [3.8, 4) is 0 Å². The Morgan fingerprint density at radius 3 is 2.31 bits per heavy atom. The maximum absolute atomic E-state index is 11.4. The molecule has 1 atom stereocenters. The minimum absolute atomic E-state index is 0.0784. The molecular formula is C11H23NO3S. The number of aliphatic hydroxyl groups is 1. The van der Waals surface area contributed by atoms with Gasteiger partial charge in [0.2, 0.25) is 0 Å². The Bertz CT molecular complexity index is 322. The fourth-order valence-corrected chi connectivity index (χ4v) is 4.00. The summed E-state index contributed by atoms with van der Waals surface area (Å²) in [5.41, 5.74) is -0.679. The van der Waals surface area contributed by atoms with Crippen molar-refractivity contribution in [2.45, 2.75) is 44.8 Å². The van der Waals surface area contributed by atoms with Crippen molar-refractivity contribution < 1.29 is 13.5 Å². The lowest BCUT2D eigenvalue weighted by atomic mass is 9.96. The molecule has 1 unspecified atom stereocenters. The van der Waals surface area contributed by atoms with Crippen molar-refractivity contribution in [3.05, 3.63) is 0 Å².